The van der Waals surface area contributed by atoms with Crippen molar-refractivity contribution in [3.63, 3.8) is 0 Å². The van der Waals surface area contributed by atoms with Crippen molar-refractivity contribution in [3.8, 4) is 11.5 Å². The first-order chi connectivity index (χ1) is 12.1. The lowest BCUT2D eigenvalue weighted by molar-refractivity contribution is -0.124. The highest BCUT2D eigenvalue weighted by molar-refractivity contribution is 5.93. The molecule has 0 saturated heterocycles. The molecule has 2 rings (SSSR count). The molecule has 0 heterocycles. The first kappa shape index (κ1) is 18.0. The van der Waals surface area contributed by atoms with Crippen molar-refractivity contribution in [2.45, 2.75) is 12.8 Å². The van der Waals surface area contributed by atoms with Crippen LogP contribution in [0.5, 0.6) is 11.5 Å². The Morgan fingerprint density at radius 2 is 1.84 bits per heavy atom. The van der Waals surface area contributed by atoms with E-state index in [0.717, 1.165) is 0 Å². The van der Waals surface area contributed by atoms with E-state index >= 15 is 0 Å². The second-order valence-electron chi connectivity index (χ2n) is 5.14. The standard InChI is InChI=1S/C18H19N3O4/c1-25-16-11-13(7-8-15(16)22)12-19-21-18(24)10-9-17(23)20-14-5-3-2-4-6-14/h2-8,11-12,22H,9-10H2,1H3,(H,20,23)(H,21,24). The van der Waals surface area contributed by atoms with Gasteiger partial charge in [0.05, 0.1) is 13.3 Å². The van der Waals surface area contributed by atoms with Gasteiger partial charge in [0, 0.05) is 18.5 Å². The Balaban J connectivity index is 1.76. The highest BCUT2D eigenvalue weighted by Gasteiger charge is 2.06. The van der Waals surface area contributed by atoms with E-state index in [1.807, 2.05) is 18.2 Å². The van der Waals surface area contributed by atoms with Gasteiger partial charge in [0.15, 0.2) is 11.5 Å². The minimum atomic E-state index is -0.370. The van der Waals surface area contributed by atoms with Crippen LogP contribution in [0.15, 0.2) is 53.6 Å². The number of amides is 2. The lowest BCUT2D eigenvalue weighted by atomic mass is 10.2. The molecular weight excluding hydrogens is 322 g/mol. The molecule has 0 aliphatic heterocycles. The largest absolute Gasteiger partial charge is 0.504 e. The average molecular weight is 341 g/mol. The topological polar surface area (TPSA) is 100 Å². The minimum absolute atomic E-state index is 0.0214. The summed E-state index contributed by atoms with van der Waals surface area (Å²) in [4.78, 5) is 23.4. The number of hydrogen-bond donors (Lipinski definition) is 3. The first-order valence-electron chi connectivity index (χ1n) is 7.62. The number of hydrogen-bond acceptors (Lipinski definition) is 5. The Morgan fingerprint density at radius 1 is 1.12 bits per heavy atom. The summed E-state index contributed by atoms with van der Waals surface area (Å²) < 4.78 is 4.98. The van der Waals surface area contributed by atoms with Crippen molar-refractivity contribution >= 4 is 23.7 Å². The van der Waals surface area contributed by atoms with Crippen molar-refractivity contribution in [1.82, 2.24) is 5.43 Å². The normalized spacial score (nSPS) is 10.4. The molecule has 0 aliphatic rings. The quantitative estimate of drug-likeness (QED) is 0.531. The predicted octanol–water partition coefficient (Wildman–Crippen LogP) is 2.27. The van der Waals surface area contributed by atoms with Gasteiger partial charge in [-0.2, -0.15) is 5.10 Å². The van der Waals surface area contributed by atoms with Crippen LogP contribution in [0, 0.1) is 0 Å². The molecule has 25 heavy (non-hydrogen) atoms. The first-order valence-corrected chi connectivity index (χ1v) is 7.62. The number of rotatable bonds is 7. The number of aromatic hydroxyl groups is 1. The molecule has 0 radical (unpaired) electrons. The maximum Gasteiger partial charge on any atom is 0.240 e. The van der Waals surface area contributed by atoms with E-state index in [9.17, 15) is 14.7 Å². The molecule has 3 N–H and O–H groups in total. The third kappa shape index (κ3) is 5.98. The zero-order valence-electron chi connectivity index (χ0n) is 13.7. The van der Waals surface area contributed by atoms with Gasteiger partial charge >= 0.3 is 0 Å². The third-order valence-electron chi connectivity index (χ3n) is 3.24. The molecule has 2 aromatic carbocycles. The molecule has 0 atom stereocenters. The average Bonchev–Trinajstić information content (AvgIpc) is 2.62. The zero-order chi connectivity index (χ0) is 18.1. The maximum atomic E-state index is 11.7. The Bertz CT molecular complexity index is 760. The van der Waals surface area contributed by atoms with Crippen LogP contribution >= 0.6 is 0 Å². The molecule has 130 valence electrons. The molecule has 7 heteroatoms. The second-order valence-corrected chi connectivity index (χ2v) is 5.14. The van der Waals surface area contributed by atoms with Gasteiger partial charge in [0.2, 0.25) is 11.8 Å². The number of nitrogens with zero attached hydrogens (tertiary/aromatic N) is 1. The summed E-state index contributed by atoms with van der Waals surface area (Å²) in [5, 5.41) is 16.0. The number of anilines is 1. The number of methoxy groups -OCH3 is 1. The third-order valence-corrected chi connectivity index (χ3v) is 3.24. The Kier molecular flexibility index (Phi) is 6.53. The van der Waals surface area contributed by atoms with Crippen LogP contribution in [0.4, 0.5) is 5.69 Å². The Morgan fingerprint density at radius 3 is 2.56 bits per heavy atom. The second kappa shape index (κ2) is 9.07. The molecule has 2 amide bonds. The lowest BCUT2D eigenvalue weighted by Gasteiger charge is -2.04. The van der Waals surface area contributed by atoms with Gasteiger partial charge in [-0.3, -0.25) is 9.59 Å². The van der Waals surface area contributed by atoms with E-state index in [4.69, 9.17) is 4.74 Å². The van der Waals surface area contributed by atoms with Crippen molar-refractivity contribution in [2.75, 3.05) is 12.4 Å². The van der Waals surface area contributed by atoms with Crippen LogP contribution in [-0.2, 0) is 9.59 Å². The van der Waals surface area contributed by atoms with Gasteiger partial charge in [-0.15, -0.1) is 0 Å². The molecule has 2 aromatic rings. The fraction of sp³-hybridized carbons (Fsp3) is 0.167. The van der Waals surface area contributed by atoms with Crippen LogP contribution in [0.1, 0.15) is 18.4 Å². The van der Waals surface area contributed by atoms with Crippen LogP contribution in [-0.4, -0.2) is 30.2 Å². The van der Waals surface area contributed by atoms with Crippen molar-refractivity contribution in [2.24, 2.45) is 5.10 Å². The van der Waals surface area contributed by atoms with Crippen LogP contribution in [0.2, 0.25) is 0 Å². The summed E-state index contributed by atoms with van der Waals surface area (Å²) in [5.74, 6) is -0.278. The van der Waals surface area contributed by atoms with E-state index in [2.05, 4.69) is 15.8 Å². The molecule has 0 aromatic heterocycles. The van der Waals surface area contributed by atoms with Crippen molar-refractivity contribution in [3.05, 3.63) is 54.1 Å². The number of carbonyl (C=O) groups is 2. The van der Waals surface area contributed by atoms with Crippen molar-refractivity contribution in [1.29, 1.82) is 0 Å². The predicted molar refractivity (Wildman–Crippen MR) is 94.7 cm³/mol. The van der Waals surface area contributed by atoms with Gasteiger partial charge in [-0.25, -0.2) is 5.43 Å². The van der Waals surface area contributed by atoms with E-state index in [1.54, 1.807) is 24.3 Å². The lowest BCUT2D eigenvalue weighted by Crippen LogP contribution is -2.20. The van der Waals surface area contributed by atoms with Crippen LogP contribution in [0.3, 0.4) is 0 Å². The van der Waals surface area contributed by atoms with Crippen LogP contribution in [0.25, 0.3) is 0 Å². The van der Waals surface area contributed by atoms with Crippen LogP contribution < -0.4 is 15.5 Å². The van der Waals surface area contributed by atoms with Gasteiger partial charge in [0.1, 0.15) is 0 Å². The molecule has 0 spiro atoms. The number of phenolic OH excluding ortho intramolecular Hbond substituents is 1. The van der Waals surface area contributed by atoms with Gasteiger partial charge in [-0.05, 0) is 35.9 Å². The fourth-order valence-electron chi connectivity index (χ4n) is 1.98. The highest BCUT2D eigenvalue weighted by Crippen LogP contribution is 2.25. The van der Waals surface area contributed by atoms with Gasteiger partial charge in [0.25, 0.3) is 0 Å². The van der Waals surface area contributed by atoms with Gasteiger partial charge < -0.3 is 15.2 Å². The minimum Gasteiger partial charge on any atom is -0.504 e. The summed E-state index contributed by atoms with van der Waals surface area (Å²) in [5.41, 5.74) is 3.69. The van der Waals surface area contributed by atoms with Gasteiger partial charge in [-0.1, -0.05) is 18.2 Å². The van der Waals surface area contributed by atoms with E-state index < -0.39 is 0 Å². The maximum absolute atomic E-state index is 11.7. The highest BCUT2D eigenvalue weighted by atomic mass is 16.5. The van der Waals surface area contributed by atoms with E-state index in [1.165, 1.54) is 19.4 Å². The van der Waals surface area contributed by atoms with E-state index in [-0.39, 0.29) is 30.4 Å². The number of ether oxygens (including phenoxy) is 1. The smallest absolute Gasteiger partial charge is 0.240 e. The molecule has 0 aliphatic carbocycles. The zero-order valence-corrected chi connectivity index (χ0v) is 13.7. The molecule has 7 nitrogen and oxygen atoms in total. The molecule has 0 unspecified atom stereocenters. The molecular formula is C18H19N3O4. The Hall–Kier alpha value is -3.35. The summed E-state index contributed by atoms with van der Waals surface area (Å²) >= 11 is 0. The number of benzene rings is 2. The number of nitrogens with one attached hydrogen (secondary N) is 2. The Labute approximate surface area is 145 Å². The molecule has 0 saturated carbocycles. The summed E-state index contributed by atoms with van der Waals surface area (Å²) in [6.07, 6.45) is 1.50. The number of phenols is 1. The summed E-state index contributed by atoms with van der Waals surface area (Å²) in [7, 11) is 1.44. The number of carbonyl (C=O) groups excluding carboxylic acids is 2. The number of para-hydroxylation sites is 1. The molecule has 0 bridgehead atoms. The fourth-order valence-corrected chi connectivity index (χ4v) is 1.98. The summed E-state index contributed by atoms with van der Waals surface area (Å²) in [6, 6.07) is 13.7. The monoisotopic (exact) mass is 341 g/mol. The number of hydrazone groups is 1. The molecule has 0 fully saturated rings. The summed E-state index contributed by atoms with van der Waals surface area (Å²) in [6.45, 7) is 0. The SMILES string of the molecule is COc1cc(C=NNC(=O)CCC(=O)Nc2ccccc2)ccc1O. The van der Waals surface area contributed by atoms with E-state index in [0.29, 0.717) is 17.0 Å². The van der Waals surface area contributed by atoms with Crippen molar-refractivity contribution < 1.29 is 19.4 Å².